The number of rotatable bonds is 4. The second-order valence-corrected chi connectivity index (χ2v) is 8.11. The van der Waals surface area contributed by atoms with Crippen LogP contribution in [0, 0.1) is 32.4 Å². The summed E-state index contributed by atoms with van der Waals surface area (Å²) in [7, 11) is 0. The Morgan fingerprint density at radius 1 is 0.812 bits per heavy atom. The van der Waals surface area contributed by atoms with Crippen LogP contribution in [0.15, 0.2) is 60.3 Å². The van der Waals surface area contributed by atoms with Crippen LogP contribution in [0.3, 0.4) is 0 Å². The number of nitrogens with zero attached hydrogens (tertiary/aromatic N) is 1. The predicted octanol–water partition coefficient (Wildman–Crippen LogP) is 5.94. The molecule has 0 atom stereocenters. The number of benzene rings is 3. The number of hydrogen-bond acceptors (Lipinski definition) is 3. The van der Waals surface area contributed by atoms with Crippen LogP contribution >= 0.6 is 11.6 Å². The van der Waals surface area contributed by atoms with Crippen molar-refractivity contribution in [3.05, 3.63) is 99.2 Å². The van der Waals surface area contributed by atoms with Gasteiger partial charge >= 0.3 is 0 Å². The molecule has 1 heterocycles. The first-order chi connectivity index (χ1) is 15.2. The summed E-state index contributed by atoms with van der Waals surface area (Å²) in [6, 6.07) is 13.6. The molecule has 3 aromatic rings. The summed E-state index contributed by atoms with van der Waals surface area (Å²) < 4.78 is 27.3. The number of amides is 2. The Hall–Kier alpha value is -3.51. The fourth-order valence-corrected chi connectivity index (χ4v) is 3.84. The van der Waals surface area contributed by atoms with Crippen molar-refractivity contribution in [3.8, 4) is 0 Å². The summed E-state index contributed by atoms with van der Waals surface area (Å²) in [5, 5.41) is 3.52. The normalized spacial score (nSPS) is 13.9. The van der Waals surface area contributed by atoms with E-state index in [1.165, 1.54) is 6.07 Å². The highest BCUT2D eigenvalue weighted by Gasteiger charge is 2.41. The summed E-state index contributed by atoms with van der Waals surface area (Å²) in [5.41, 5.74) is 3.87. The lowest BCUT2D eigenvalue weighted by Gasteiger charge is -2.16. The minimum Gasteiger partial charge on any atom is -0.350 e. The number of anilines is 2. The first-order valence-electron chi connectivity index (χ1n) is 9.86. The molecule has 1 aliphatic rings. The third-order valence-electron chi connectivity index (χ3n) is 5.34. The summed E-state index contributed by atoms with van der Waals surface area (Å²) in [6.07, 6.45) is 0. The van der Waals surface area contributed by atoms with Gasteiger partial charge < -0.3 is 5.32 Å². The third kappa shape index (κ3) is 3.78. The van der Waals surface area contributed by atoms with E-state index in [4.69, 9.17) is 11.6 Å². The van der Waals surface area contributed by atoms with Crippen LogP contribution < -0.4 is 10.2 Å². The highest BCUT2D eigenvalue weighted by molar-refractivity contribution is 6.46. The van der Waals surface area contributed by atoms with Crippen LogP contribution in [0.2, 0.25) is 5.02 Å². The van der Waals surface area contributed by atoms with E-state index < -0.39 is 23.4 Å². The average molecular weight is 453 g/mol. The van der Waals surface area contributed by atoms with Crippen LogP contribution in [-0.4, -0.2) is 11.8 Å². The predicted molar refractivity (Wildman–Crippen MR) is 121 cm³/mol. The van der Waals surface area contributed by atoms with E-state index in [0.29, 0.717) is 16.3 Å². The standard InChI is InChI=1S/C25H19ClF2N2O2/c1-13-4-8-18(15(3)10-13)22-23(29-16-6-5-14(2)19(26)11-16)25(32)30(24(22)31)17-7-9-20(27)21(28)12-17/h4-12,29H,1-3H3. The minimum absolute atomic E-state index is 0.0339. The van der Waals surface area contributed by atoms with E-state index in [1.807, 2.05) is 32.9 Å². The summed E-state index contributed by atoms with van der Waals surface area (Å²) in [5.74, 6) is -3.52. The molecule has 0 unspecified atom stereocenters. The van der Waals surface area contributed by atoms with Gasteiger partial charge in [0, 0.05) is 16.8 Å². The fourth-order valence-electron chi connectivity index (χ4n) is 3.66. The molecular weight excluding hydrogens is 434 g/mol. The maximum absolute atomic E-state index is 13.9. The molecule has 4 nitrogen and oxygen atoms in total. The van der Waals surface area contributed by atoms with Gasteiger partial charge in [-0.25, -0.2) is 13.7 Å². The molecule has 0 aromatic heterocycles. The van der Waals surface area contributed by atoms with Crippen LogP contribution in [0.1, 0.15) is 22.3 Å². The van der Waals surface area contributed by atoms with Crippen molar-refractivity contribution in [2.75, 3.05) is 10.2 Å². The first-order valence-corrected chi connectivity index (χ1v) is 10.2. The van der Waals surface area contributed by atoms with Crippen molar-refractivity contribution < 1.29 is 18.4 Å². The zero-order valence-electron chi connectivity index (χ0n) is 17.6. The number of hydrogen-bond donors (Lipinski definition) is 1. The van der Waals surface area contributed by atoms with Gasteiger partial charge in [-0.05, 0) is 61.7 Å². The molecule has 3 aromatic carbocycles. The highest BCUT2D eigenvalue weighted by atomic mass is 35.5. The van der Waals surface area contributed by atoms with E-state index in [1.54, 1.807) is 24.3 Å². The topological polar surface area (TPSA) is 49.4 Å². The molecule has 0 saturated carbocycles. The van der Waals surface area contributed by atoms with E-state index in [0.717, 1.165) is 33.7 Å². The van der Waals surface area contributed by atoms with Crippen LogP contribution in [0.25, 0.3) is 5.57 Å². The molecular formula is C25H19ClF2N2O2. The summed E-state index contributed by atoms with van der Waals surface area (Å²) in [4.78, 5) is 27.6. The molecule has 1 aliphatic heterocycles. The Morgan fingerprint density at radius 3 is 2.22 bits per heavy atom. The van der Waals surface area contributed by atoms with Gasteiger partial charge in [-0.1, -0.05) is 41.4 Å². The monoisotopic (exact) mass is 452 g/mol. The number of imide groups is 1. The van der Waals surface area contributed by atoms with Gasteiger partial charge in [0.25, 0.3) is 11.8 Å². The first kappa shape index (κ1) is 21.7. The Labute approximate surface area is 189 Å². The van der Waals surface area contributed by atoms with Crippen molar-refractivity contribution in [3.63, 3.8) is 0 Å². The van der Waals surface area contributed by atoms with Gasteiger partial charge in [-0.2, -0.15) is 0 Å². The lowest BCUT2D eigenvalue weighted by molar-refractivity contribution is -0.120. The zero-order valence-corrected chi connectivity index (χ0v) is 18.3. The molecule has 0 spiro atoms. The van der Waals surface area contributed by atoms with Gasteiger partial charge in [0.05, 0.1) is 11.3 Å². The fraction of sp³-hybridized carbons (Fsp3) is 0.120. The van der Waals surface area contributed by atoms with E-state index >= 15 is 0 Å². The van der Waals surface area contributed by atoms with E-state index in [-0.39, 0.29) is 17.0 Å². The van der Waals surface area contributed by atoms with Crippen molar-refractivity contribution in [2.24, 2.45) is 0 Å². The largest absolute Gasteiger partial charge is 0.350 e. The molecule has 0 fully saturated rings. The maximum Gasteiger partial charge on any atom is 0.282 e. The van der Waals surface area contributed by atoms with E-state index in [2.05, 4.69) is 5.32 Å². The van der Waals surface area contributed by atoms with Crippen molar-refractivity contribution in [1.29, 1.82) is 0 Å². The number of carbonyl (C=O) groups is 2. The maximum atomic E-state index is 13.9. The quantitative estimate of drug-likeness (QED) is 0.498. The lowest BCUT2D eigenvalue weighted by Crippen LogP contribution is -2.32. The van der Waals surface area contributed by atoms with Gasteiger partial charge in [0.15, 0.2) is 11.6 Å². The van der Waals surface area contributed by atoms with Gasteiger partial charge in [0.1, 0.15) is 5.70 Å². The van der Waals surface area contributed by atoms with Crippen molar-refractivity contribution in [1.82, 2.24) is 0 Å². The van der Waals surface area contributed by atoms with Gasteiger partial charge in [-0.3, -0.25) is 9.59 Å². The van der Waals surface area contributed by atoms with Gasteiger partial charge in [-0.15, -0.1) is 0 Å². The molecule has 0 aliphatic carbocycles. The zero-order chi connectivity index (χ0) is 23.2. The molecule has 0 saturated heterocycles. The summed E-state index contributed by atoms with van der Waals surface area (Å²) >= 11 is 6.22. The Morgan fingerprint density at radius 2 is 1.56 bits per heavy atom. The molecule has 7 heteroatoms. The molecule has 2 amide bonds. The minimum atomic E-state index is -1.15. The second kappa shape index (κ2) is 8.20. The number of aryl methyl sites for hydroxylation is 3. The molecule has 4 rings (SSSR count). The van der Waals surface area contributed by atoms with Crippen LogP contribution in [-0.2, 0) is 9.59 Å². The number of carbonyl (C=O) groups excluding carboxylic acids is 2. The number of nitrogens with one attached hydrogen (secondary N) is 1. The Balaban J connectivity index is 1.87. The highest BCUT2D eigenvalue weighted by Crippen LogP contribution is 2.36. The average Bonchev–Trinajstić information content (AvgIpc) is 2.97. The molecule has 0 bridgehead atoms. The Kier molecular flexibility index (Phi) is 5.57. The van der Waals surface area contributed by atoms with Crippen LogP contribution in [0.5, 0.6) is 0 Å². The molecule has 32 heavy (non-hydrogen) atoms. The molecule has 0 radical (unpaired) electrons. The van der Waals surface area contributed by atoms with E-state index in [9.17, 15) is 18.4 Å². The Bertz CT molecular complexity index is 1320. The smallest absolute Gasteiger partial charge is 0.282 e. The molecule has 162 valence electrons. The third-order valence-corrected chi connectivity index (χ3v) is 5.74. The number of halogens is 3. The van der Waals surface area contributed by atoms with Crippen LogP contribution in [0.4, 0.5) is 20.2 Å². The lowest BCUT2D eigenvalue weighted by atomic mass is 9.97. The van der Waals surface area contributed by atoms with Crippen molar-refractivity contribution in [2.45, 2.75) is 20.8 Å². The van der Waals surface area contributed by atoms with Crippen molar-refractivity contribution >= 4 is 40.4 Å². The summed E-state index contributed by atoms with van der Waals surface area (Å²) in [6.45, 7) is 5.61. The molecule has 1 N–H and O–H groups in total. The van der Waals surface area contributed by atoms with Gasteiger partial charge in [0.2, 0.25) is 0 Å². The second-order valence-electron chi connectivity index (χ2n) is 7.70. The SMILES string of the molecule is Cc1ccc(C2=C(Nc3ccc(C)c(Cl)c3)C(=O)N(c3ccc(F)c(F)c3)C2=O)c(C)c1.